The number of benzene rings is 1. The van der Waals surface area contributed by atoms with Crippen LogP contribution >= 0.6 is 0 Å². The smallest absolute Gasteiger partial charge is 0.410 e. The molecule has 1 amide bonds. The first-order valence-corrected chi connectivity index (χ1v) is 11.8. The number of nitrogens with zero attached hydrogens (tertiary/aromatic N) is 3. The highest BCUT2D eigenvalue weighted by Crippen LogP contribution is 2.19. The van der Waals surface area contributed by atoms with Crippen molar-refractivity contribution in [3.8, 4) is 17.7 Å². The number of aromatic nitrogens is 2. The van der Waals surface area contributed by atoms with Gasteiger partial charge >= 0.3 is 6.09 Å². The topological polar surface area (TPSA) is 47.4 Å². The summed E-state index contributed by atoms with van der Waals surface area (Å²) in [7, 11) is 1.64. The van der Waals surface area contributed by atoms with E-state index >= 15 is 0 Å². The lowest BCUT2D eigenvalue weighted by molar-refractivity contribution is 0.0321. The van der Waals surface area contributed by atoms with Crippen molar-refractivity contribution < 1.29 is 13.9 Å². The van der Waals surface area contributed by atoms with E-state index in [1.165, 1.54) is 11.0 Å². The lowest BCUT2D eigenvalue weighted by Gasteiger charge is -2.23. The first-order chi connectivity index (χ1) is 16.4. The van der Waals surface area contributed by atoms with Gasteiger partial charge in [0, 0.05) is 29.7 Å². The third-order valence-corrected chi connectivity index (χ3v) is 5.46. The highest BCUT2D eigenvalue weighted by atomic mass is 19.1. The fourth-order valence-corrected chi connectivity index (χ4v) is 3.76. The summed E-state index contributed by atoms with van der Waals surface area (Å²) in [6.45, 7) is 11.8. The van der Waals surface area contributed by atoms with Gasteiger partial charge in [0.15, 0.2) is 0 Å². The van der Waals surface area contributed by atoms with Gasteiger partial charge in [0.1, 0.15) is 17.2 Å². The van der Waals surface area contributed by atoms with E-state index in [2.05, 4.69) is 48.5 Å². The molecule has 0 aliphatic heterocycles. The maximum Gasteiger partial charge on any atom is 0.410 e. The molecule has 35 heavy (non-hydrogen) atoms. The van der Waals surface area contributed by atoms with Crippen LogP contribution in [-0.2, 0) is 17.6 Å². The highest BCUT2D eigenvalue weighted by molar-refractivity contribution is 5.68. The van der Waals surface area contributed by atoms with Crippen molar-refractivity contribution >= 4 is 6.09 Å². The fourth-order valence-electron chi connectivity index (χ4n) is 3.76. The van der Waals surface area contributed by atoms with E-state index in [9.17, 15) is 9.18 Å². The predicted octanol–water partition coefficient (Wildman–Crippen LogP) is 5.94. The average molecular weight is 476 g/mol. The van der Waals surface area contributed by atoms with Crippen molar-refractivity contribution in [2.24, 2.45) is 0 Å². The third kappa shape index (κ3) is 7.19. The molecule has 0 aliphatic carbocycles. The average Bonchev–Trinajstić information content (AvgIpc) is 3.10. The van der Waals surface area contributed by atoms with Crippen LogP contribution in [0.4, 0.5) is 9.18 Å². The lowest BCUT2D eigenvalue weighted by atomic mass is 10.0. The number of rotatable bonds is 5. The normalized spacial score (nSPS) is 11.1. The molecular weight excluding hydrogens is 441 g/mol. The highest BCUT2D eigenvalue weighted by Gasteiger charge is 2.18. The lowest BCUT2D eigenvalue weighted by Crippen LogP contribution is -2.34. The number of hydrogen-bond donors (Lipinski definition) is 0. The Morgan fingerprint density at radius 3 is 2.40 bits per heavy atom. The monoisotopic (exact) mass is 475 g/mol. The van der Waals surface area contributed by atoms with Gasteiger partial charge in [-0.2, -0.15) is 0 Å². The quantitative estimate of drug-likeness (QED) is 0.429. The summed E-state index contributed by atoms with van der Waals surface area (Å²) in [5.74, 6) is 6.62. The molecule has 3 aromatic rings. The Hall–Kier alpha value is -3.59. The minimum Gasteiger partial charge on any atom is -0.444 e. The van der Waals surface area contributed by atoms with E-state index in [4.69, 9.17) is 9.72 Å². The number of amides is 1. The number of carbonyl (C=O) groups excluding carboxylic acids is 1. The minimum absolute atomic E-state index is 0.218. The summed E-state index contributed by atoms with van der Waals surface area (Å²) in [5.41, 5.74) is 5.03. The second-order valence-electron chi connectivity index (χ2n) is 9.89. The summed E-state index contributed by atoms with van der Waals surface area (Å²) < 4.78 is 22.0. The van der Waals surface area contributed by atoms with Crippen LogP contribution in [0.25, 0.3) is 5.82 Å². The van der Waals surface area contributed by atoms with E-state index in [0.717, 1.165) is 28.5 Å². The zero-order valence-electron chi connectivity index (χ0n) is 21.7. The van der Waals surface area contributed by atoms with Gasteiger partial charge in [-0.15, -0.1) is 0 Å². The van der Waals surface area contributed by atoms with Crippen molar-refractivity contribution in [2.75, 3.05) is 13.6 Å². The molecule has 0 saturated carbocycles. The Morgan fingerprint density at radius 1 is 1.06 bits per heavy atom. The number of carbonyl (C=O) groups is 1. The van der Waals surface area contributed by atoms with Crippen LogP contribution in [0.2, 0.25) is 0 Å². The molecule has 0 spiro atoms. The summed E-state index contributed by atoms with van der Waals surface area (Å²) in [6.07, 6.45) is 0.698. The van der Waals surface area contributed by atoms with Crippen LogP contribution in [-0.4, -0.2) is 39.7 Å². The van der Waals surface area contributed by atoms with Crippen molar-refractivity contribution in [3.05, 3.63) is 82.1 Å². The second-order valence-corrected chi connectivity index (χ2v) is 9.89. The van der Waals surface area contributed by atoms with Gasteiger partial charge in [0.2, 0.25) is 0 Å². The zero-order chi connectivity index (χ0) is 25.8. The van der Waals surface area contributed by atoms with E-state index in [-0.39, 0.29) is 12.4 Å². The molecule has 0 N–H and O–H groups in total. The van der Waals surface area contributed by atoms with Crippen LogP contribution in [0.5, 0.6) is 0 Å². The van der Waals surface area contributed by atoms with Crippen LogP contribution in [0.15, 0.2) is 42.5 Å². The van der Waals surface area contributed by atoms with Crippen molar-refractivity contribution in [2.45, 2.75) is 60.0 Å². The number of hydrogen-bond acceptors (Lipinski definition) is 3. The van der Waals surface area contributed by atoms with Crippen LogP contribution < -0.4 is 0 Å². The molecule has 1 aromatic carbocycles. The molecule has 0 bridgehead atoms. The fraction of sp³-hybridized carbons (Fsp3) is 0.379. The second kappa shape index (κ2) is 10.8. The Bertz CT molecular complexity index is 1260. The standard InChI is InChI=1S/C29H34FN3O2/c1-20-17-25(31-27(18-20)33-21(2)10-11-22(33)3)14-13-24-19-23(12-15-26(24)30)9-8-16-32(7)28(34)35-29(4,5)6/h10-12,15,17-19H,13-14,16H2,1-7H3. The van der Waals surface area contributed by atoms with Crippen molar-refractivity contribution in [1.82, 2.24) is 14.5 Å². The zero-order valence-corrected chi connectivity index (χ0v) is 21.7. The Morgan fingerprint density at radius 2 is 1.74 bits per heavy atom. The summed E-state index contributed by atoms with van der Waals surface area (Å²) >= 11 is 0. The summed E-state index contributed by atoms with van der Waals surface area (Å²) in [6, 6.07) is 13.1. The van der Waals surface area contributed by atoms with E-state index in [1.54, 1.807) is 19.2 Å². The van der Waals surface area contributed by atoms with Gasteiger partial charge in [-0.3, -0.25) is 0 Å². The van der Waals surface area contributed by atoms with Crippen LogP contribution in [0.1, 0.15) is 54.5 Å². The van der Waals surface area contributed by atoms with Crippen molar-refractivity contribution in [1.29, 1.82) is 0 Å². The maximum atomic E-state index is 14.5. The van der Waals surface area contributed by atoms with Crippen LogP contribution in [0, 0.1) is 38.4 Å². The Labute approximate surface area is 207 Å². The molecule has 0 aliphatic rings. The molecule has 5 nitrogen and oxygen atoms in total. The van der Waals surface area contributed by atoms with Gasteiger partial charge in [0.05, 0.1) is 6.54 Å². The summed E-state index contributed by atoms with van der Waals surface area (Å²) in [5, 5.41) is 0. The van der Waals surface area contributed by atoms with Gasteiger partial charge in [-0.05, 0) is 108 Å². The first kappa shape index (κ1) is 26.0. The summed E-state index contributed by atoms with van der Waals surface area (Å²) in [4.78, 5) is 18.3. The third-order valence-electron chi connectivity index (χ3n) is 5.46. The molecule has 0 saturated heterocycles. The molecule has 0 radical (unpaired) electrons. The van der Waals surface area contributed by atoms with Gasteiger partial charge in [-0.25, -0.2) is 14.2 Å². The number of ether oxygens (including phenoxy) is 1. The molecule has 6 heteroatoms. The molecule has 0 unspecified atom stereocenters. The number of halogens is 1. The molecule has 0 fully saturated rings. The minimum atomic E-state index is -0.558. The molecule has 2 heterocycles. The number of pyridine rings is 1. The first-order valence-electron chi connectivity index (χ1n) is 11.8. The predicted molar refractivity (Wildman–Crippen MR) is 137 cm³/mol. The molecular formula is C29H34FN3O2. The van der Waals surface area contributed by atoms with E-state index in [0.29, 0.717) is 24.0 Å². The van der Waals surface area contributed by atoms with Gasteiger partial charge in [0.25, 0.3) is 0 Å². The Balaban J connectivity index is 1.70. The molecule has 3 rings (SSSR count). The van der Waals surface area contributed by atoms with Gasteiger partial charge < -0.3 is 14.2 Å². The molecule has 184 valence electrons. The largest absolute Gasteiger partial charge is 0.444 e. The molecule has 0 atom stereocenters. The van der Waals surface area contributed by atoms with Crippen LogP contribution in [0.3, 0.4) is 0 Å². The molecule has 2 aromatic heterocycles. The number of aryl methyl sites for hydroxylation is 5. The SMILES string of the molecule is Cc1cc(CCc2cc(C#CCN(C)C(=O)OC(C)(C)C)ccc2F)nc(-n2c(C)ccc2C)c1. The van der Waals surface area contributed by atoms with Gasteiger partial charge in [-0.1, -0.05) is 11.8 Å². The maximum absolute atomic E-state index is 14.5. The van der Waals surface area contributed by atoms with Crippen molar-refractivity contribution in [3.63, 3.8) is 0 Å². The van der Waals surface area contributed by atoms with E-state index in [1.807, 2.05) is 33.8 Å². The Kier molecular flexibility index (Phi) is 8.01. The van der Waals surface area contributed by atoms with E-state index < -0.39 is 11.7 Å².